The maximum Gasteiger partial charge on any atom is 0.0633 e. The van der Waals surface area contributed by atoms with Crippen molar-refractivity contribution in [2.24, 2.45) is 22.7 Å². The van der Waals surface area contributed by atoms with Crippen LogP contribution in [0.2, 0.25) is 0 Å². The monoisotopic (exact) mass is 197 g/mol. The van der Waals surface area contributed by atoms with E-state index in [1.807, 2.05) is 6.92 Å². The summed E-state index contributed by atoms with van der Waals surface area (Å²) in [6.07, 6.45) is 3.34. The molecule has 2 bridgehead atoms. The van der Waals surface area contributed by atoms with Gasteiger partial charge in [-0.15, -0.1) is 0 Å². The van der Waals surface area contributed by atoms with E-state index in [9.17, 15) is 5.11 Å². The topological polar surface area (TPSA) is 32.6 Å². The minimum absolute atomic E-state index is 0.146. The van der Waals surface area contributed by atoms with Gasteiger partial charge in [0, 0.05) is 0 Å². The summed E-state index contributed by atoms with van der Waals surface area (Å²) >= 11 is 4.62. The van der Waals surface area contributed by atoms with Gasteiger partial charge in [0.25, 0.3) is 0 Å². The Morgan fingerprint density at radius 2 is 2.15 bits per heavy atom. The number of hydrogen-bond acceptors (Lipinski definition) is 3. The summed E-state index contributed by atoms with van der Waals surface area (Å²) in [6.45, 7) is 1.91. The molecule has 0 spiro atoms. The van der Waals surface area contributed by atoms with Gasteiger partial charge in [-0.1, -0.05) is 0 Å². The normalized spacial score (nSPS) is 44.5. The Morgan fingerprint density at radius 3 is 2.62 bits per heavy atom. The molecule has 0 aliphatic heterocycles. The molecule has 0 aromatic carbocycles. The second-order valence-corrected chi connectivity index (χ2v) is 4.60. The van der Waals surface area contributed by atoms with Crippen LogP contribution in [0.3, 0.4) is 0 Å². The molecule has 0 saturated heterocycles. The molecule has 2 saturated carbocycles. The Labute approximate surface area is 84.1 Å². The van der Waals surface area contributed by atoms with E-state index in [1.165, 1.54) is 6.42 Å². The second kappa shape index (κ2) is 3.49. The van der Waals surface area contributed by atoms with E-state index in [0.29, 0.717) is 23.8 Å². The van der Waals surface area contributed by atoms with Gasteiger partial charge >= 0.3 is 0 Å². The van der Waals surface area contributed by atoms with Crippen LogP contribution in [0.25, 0.3) is 0 Å². The number of isothiocyanates is 1. The first kappa shape index (κ1) is 9.32. The van der Waals surface area contributed by atoms with Crippen molar-refractivity contribution >= 4 is 17.4 Å². The van der Waals surface area contributed by atoms with E-state index in [1.54, 1.807) is 0 Å². The summed E-state index contributed by atoms with van der Waals surface area (Å²) in [4.78, 5) is 4.18. The van der Waals surface area contributed by atoms with Gasteiger partial charge < -0.3 is 5.11 Å². The molecule has 2 rings (SSSR count). The van der Waals surface area contributed by atoms with Crippen LogP contribution in [0.4, 0.5) is 0 Å². The van der Waals surface area contributed by atoms with Crippen molar-refractivity contribution in [3.63, 3.8) is 0 Å². The second-order valence-electron chi connectivity index (χ2n) is 4.42. The minimum atomic E-state index is -0.146. The maximum atomic E-state index is 9.52. The van der Waals surface area contributed by atoms with E-state index >= 15 is 0 Å². The molecule has 5 atom stereocenters. The molecule has 0 aromatic rings. The van der Waals surface area contributed by atoms with E-state index in [2.05, 4.69) is 22.4 Å². The van der Waals surface area contributed by atoms with Crippen LogP contribution in [0.5, 0.6) is 0 Å². The van der Waals surface area contributed by atoms with Crippen LogP contribution in [-0.2, 0) is 0 Å². The van der Waals surface area contributed by atoms with Gasteiger partial charge in [-0.25, -0.2) is 4.99 Å². The number of nitrogens with zero attached hydrogens (tertiary/aromatic N) is 1. The molecule has 2 fully saturated rings. The Kier molecular flexibility index (Phi) is 2.50. The van der Waals surface area contributed by atoms with Crippen molar-refractivity contribution in [1.29, 1.82) is 0 Å². The molecule has 0 aromatic heterocycles. The van der Waals surface area contributed by atoms with Crippen molar-refractivity contribution < 1.29 is 5.11 Å². The lowest BCUT2D eigenvalue weighted by Gasteiger charge is -2.27. The molecule has 4 unspecified atom stereocenters. The van der Waals surface area contributed by atoms with Crippen LogP contribution >= 0.6 is 12.2 Å². The Hall–Kier alpha value is -0.240. The van der Waals surface area contributed by atoms with Gasteiger partial charge in [0.05, 0.1) is 17.3 Å². The van der Waals surface area contributed by atoms with Gasteiger partial charge in [-0.05, 0) is 56.2 Å². The number of hydrogen-bond donors (Lipinski definition) is 1. The van der Waals surface area contributed by atoms with Gasteiger partial charge in [0.1, 0.15) is 0 Å². The van der Waals surface area contributed by atoms with E-state index in [-0.39, 0.29) is 6.10 Å². The predicted molar refractivity (Wildman–Crippen MR) is 54.8 cm³/mol. The molecule has 2 nitrogen and oxygen atoms in total. The molecule has 72 valence electrons. The first-order chi connectivity index (χ1) is 6.22. The van der Waals surface area contributed by atoms with Crippen molar-refractivity contribution in [3.05, 3.63) is 0 Å². The number of aliphatic imine (C=N–C) groups is 1. The molecule has 2 aliphatic rings. The minimum Gasteiger partial charge on any atom is -0.393 e. The number of aliphatic hydroxyl groups is 1. The number of rotatable bonds is 2. The fraction of sp³-hybridized carbons (Fsp3) is 0.900. The lowest BCUT2D eigenvalue weighted by atomic mass is 9.83. The van der Waals surface area contributed by atoms with E-state index in [4.69, 9.17) is 0 Å². The van der Waals surface area contributed by atoms with Gasteiger partial charge in [0.2, 0.25) is 0 Å². The average Bonchev–Trinajstić information content (AvgIpc) is 2.62. The Morgan fingerprint density at radius 1 is 1.38 bits per heavy atom. The molecular formula is C10H15NOS. The van der Waals surface area contributed by atoms with Crippen molar-refractivity contribution in [1.82, 2.24) is 0 Å². The Bertz CT molecular complexity index is 247. The van der Waals surface area contributed by atoms with Crippen LogP contribution in [0.15, 0.2) is 4.99 Å². The van der Waals surface area contributed by atoms with Crippen LogP contribution in [-0.4, -0.2) is 22.4 Å². The molecule has 2 aliphatic carbocycles. The van der Waals surface area contributed by atoms with E-state index in [0.717, 1.165) is 12.8 Å². The van der Waals surface area contributed by atoms with Crippen LogP contribution < -0.4 is 0 Å². The number of thiocarbonyl (C=S) groups is 1. The lowest BCUT2D eigenvalue weighted by molar-refractivity contribution is 0.0874. The zero-order valence-corrected chi connectivity index (χ0v) is 8.63. The number of aliphatic hydroxyl groups excluding tert-OH is 1. The zero-order chi connectivity index (χ0) is 9.42. The highest BCUT2D eigenvalue weighted by atomic mass is 32.1. The largest absolute Gasteiger partial charge is 0.393 e. The predicted octanol–water partition coefficient (Wildman–Crippen LogP) is 1.88. The highest BCUT2D eigenvalue weighted by molar-refractivity contribution is 7.78. The summed E-state index contributed by atoms with van der Waals surface area (Å²) in [5.41, 5.74) is 0. The highest BCUT2D eigenvalue weighted by Crippen LogP contribution is 2.50. The first-order valence-corrected chi connectivity index (χ1v) is 5.38. The van der Waals surface area contributed by atoms with Crippen LogP contribution in [0, 0.1) is 17.8 Å². The summed E-state index contributed by atoms with van der Waals surface area (Å²) < 4.78 is 0. The maximum absolute atomic E-state index is 9.52. The van der Waals surface area contributed by atoms with Crippen molar-refractivity contribution in [2.75, 3.05) is 0 Å². The highest BCUT2D eigenvalue weighted by Gasteiger charge is 2.47. The molecule has 13 heavy (non-hydrogen) atoms. The SMILES string of the molecule is CC(O)[C@H]1CC2CC1CC2N=C=S. The van der Waals surface area contributed by atoms with Gasteiger partial charge in [0.15, 0.2) is 0 Å². The zero-order valence-electron chi connectivity index (χ0n) is 7.81. The molecule has 3 heteroatoms. The van der Waals surface area contributed by atoms with E-state index < -0.39 is 0 Å². The molecular weight excluding hydrogens is 182 g/mol. The Balaban J connectivity index is 2.02. The fourth-order valence-corrected chi connectivity index (χ4v) is 3.24. The first-order valence-electron chi connectivity index (χ1n) is 4.97. The quantitative estimate of drug-likeness (QED) is 0.541. The third-order valence-electron chi connectivity index (χ3n) is 3.71. The molecule has 1 N–H and O–H groups in total. The van der Waals surface area contributed by atoms with Gasteiger partial charge in [-0.2, -0.15) is 0 Å². The summed E-state index contributed by atoms with van der Waals surface area (Å²) in [5, 5.41) is 12.0. The third kappa shape index (κ3) is 1.56. The average molecular weight is 197 g/mol. The molecule has 0 radical (unpaired) electrons. The summed E-state index contributed by atoms with van der Waals surface area (Å²) in [5.74, 6) is 1.86. The summed E-state index contributed by atoms with van der Waals surface area (Å²) in [7, 11) is 0. The molecule has 0 amide bonds. The standard InChI is InChI=1S/C10H15NOS/c1-6(12)9-3-8-2-7(9)4-10(8)11-5-13/h6-10,12H,2-4H2,1H3/t6?,7?,8?,9-,10?/m1/s1. The number of fused-ring (bicyclic) bond motifs is 2. The van der Waals surface area contributed by atoms with Gasteiger partial charge in [-0.3, -0.25) is 0 Å². The fourth-order valence-electron chi connectivity index (χ4n) is 3.11. The van der Waals surface area contributed by atoms with Crippen LogP contribution in [0.1, 0.15) is 26.2 Å². The van der Waals surface area contributed by atoms with Crippen molar-refractivity contribution in [3.8, 4) is 0 Å². The molecule has 0 heterocycles. The summed E-state index contributed by atoms with van der Waals surface area (Å²) in [6, 6.07) is 0.414. The third-order valence-corrected chi connectivity index (χ3v) is 3.82. The smallest absolute Gasteiger partial charge is 0.0633 e. The lowest BCUT2D eigenvalue weighted by Crippen LogP contribution is -2.27. The van der Waals surface area contributed by atoms with Crippen molar-refractivity contribution in [2.45, 2.75) is 38.3 Å².